The molecule has 1 saturated heterocycles. The summed E-state index contributed by atoms with van der Waals surface area (Å²) in [6, 6.07) is 8.56. The van der Waals surface area contributed by atoms with Crippen molar-refractivity contribution in [2.45, 2.75) is 38.8 Å². The molecular formula is C21H30N4O2. The largest absolute Gasteiger partial charge is 0.496 e. The number of amides is 1. The quantitative estimate of drug-likeness (QED) is 0.794. The zero-order valence-electron chi connectivity index (χ0n) is 16.6. The van der Waals surface area contributed by atoms with Crippen LogP contribution in [-0.4, -0.2) is 61.1 Å². The fourth-order valence-corrected chi connectivity index (χ4v) is 3.79. The number of ether oxygens (including phenoxy) is 1. The maximum atomic E-state index is 12.4. The number of carbonyl (C=O) groups excluding carboxylic acids is 1. The molecule has 1 N–H and O–H groups in total. The zero-order valence-corrected chi connectivity index (χ0v) is 16.6. The fraction of sp³-hybridized carbons (Fsp3) is 0.619. The van der Waals surface area contributed by atoms with Crippen molar-refractivity contribution in [1.29, 1.82) is 5.26 Å². The second-order valence-electron chi connectivity index (χ2n) is 8.00. The molecule has 1 aromatic carbocycles. The van der Waals surface area contributed by atoms with E-state index >= 15 is 0 Å². The number of methoxy groups -OCH3 is 1. The topological polar surface area (TPSA) is 68.6 Å². The van der Waals surface area contributed by atoms with E-state index in [1.807, 2.05) is 13.0 Å². The molecule has 2 fully saturated rings. The highest BCUT2D eigenvalue weighted by Crippen LogP contribution is 2.39. The van der Waals surface area contributed by atoms with Crippen LogP contribution in [0.5, 0.6) is 5.75 Å². The molecule has 0 spiro atoms. The lowest BCUT2D eigenvalue weighted by Gasteiger charge is -2.35. The van der Waals surface area contributed by atoms with Gasteiger partial charge in [-0.05, 0) is 38.7 Å². The van der Waals surface area contributed by atoms with Crippen LogP contribution in [0.3, 0.4) is 0 Å². The molecule has 146 valence electrons. The summed E-state index contributed by atoms with van der Waals surface area (Å²) >= 11 is 0. The minimum Gasteiger partial charge on any atom is -0.496 e. The van der Waals surface area contributed by atoms with E-state index in [9.17, 15) is 10.1 Å². The molecule has 1 amide bonds. The molecule has 0 bridgehead atoms. The molecular weight excluding hydrogens is 340 g/mol. The van der Waals surface area contributed by atoms with Crippen LogP contribution in [0.2, 0.25) is 0 Å². The van der Waals surface area contributed by atoms with E-state index in [1.165, 1.54) is 11.1 Å². The Kier molecular flexibility index (Phi) is 6.03. The molecule has 0 radical (unpaired) electrons. The van der Waals surface area contributed by atoms with Crippen molar-refractivity contribution in [3.63, 3.8) is 0 Å². The highest BCUT2D eigenvalue weighted by molar-refractivity contribution is 5.79. The highest BCUT2D eigenvalue weighted by Gasteiger charge is 2.43. The summed E-state index contributed by atoms with van der Waals surface area (Å²) in [6.07, 6.45) is 2.07. The number of rotatable bonds is 7. The van der Waals surface area contributed by atoms with Gasteiger partial charge in [-0.3, -0.25) is 14.6 Å². The average Bonchev–Trinajstić information content (AvgIpc) is 3.49. The number of nitrogens with zero attached hydrogens (tertiary/aromatic N) is 3. The first-order valence-electron chi connectivity index (χ1n) is 9.74. The Bertz CT molecular complexity index is 717. The van der Waals surface area contributed by atoms with E-state index in [2.05, 4.69) is 40.2 Å². The van der Waals surface area contributed by atoms with Crippen LogP contribution in [0.25, 0.3) is 0 Å². The summed E-state index contributed by atoms with van der Waals surface area (Å²) in [4.78, 5) is 16.9. The first-order valence-corrected chi connectivity index (χ1v) is 9.74. The van der Waals surface area contributed by atoms with Gasteiger partial charge in [-0.1, -0.05) is 17.7 Å². The normalized spacial score (nSPS) is 20.5. The van der Waals surface area contributed by atoms with Gasteiger partial charge >= 0.3 is 0 Å². The third-order valence-electron chi connectivity index (χ3n) is 5.69. The SMILES string of the molecule is COc1ccc(C)cc1CN1CCN(CC(=O)N[C@@](C)(C#N)C2CC2)CC1. The molecule has 2 aliphatic rings. The number of hydrogen-bond donors (Lipinski definition) is 1. The Balaban J connectivity index is 1.47. The summed E-state index contributed by atoms with van der Waals surface area (Å²) < 4.78 is 5.48. The van der Waals surface area contributed by atoms with E-state index in [4.69, 9.17) is 4.74 Å². The molecule has 1 aromatic rings. The summed E-state index contributed by atoms with van der Waals surface area (Å²) in [5, 5.41) is 12.3. The van der Waals surface area contributed by atoms with Gasteiger partial charge in [0.25, 0.3) is 0 Å². The van der Waals surface area contributed by atoms with Crippen LogP contribution in [0, 0.1) is 24.2 Å². The molecule has 1 heterocycles. The minimum absolute atomic E-state index is 0.0419. The van der Waals surface area contributed by atoms with E-state index in [0.717, 1.165) is 51.3 Å². The third kappa shape index (κ3) is 5.00. The molecule has 27 heavy (non-hydrogen) atoms. The first kappa shape index (κ1) is 19.7. The van der Waals surface area contributed by atoms with E-state index < -0.39 is 5.54 Å². The molecule has 6 heteroatoms. The number of hydrogen-bond acceptors (Lipinski definition) is 5. The van der Waals surface area contributed by atoms with Crippen molar-refractivity contribution in [3.8, 4) is 11.8 Å². The third-order valence-corrected chi connectivity index (χ3v) is 5.69. The zero-order chi connectivity index (χ0) is 19.4. The molecule has 0 unspecified atom stereocenters. The van der Waals surface area contributed by atoms with Crippen LogP contribution in [0.1, 0.15) is 30.9 Å². The molecule has 1 saturated carbocycles. The molecule has 1 atom stereocenters. The summed E-state index contributed by atoms with van der Waals surface area (Å²) in [5.74, 6) is 1.20. The Hall–Kier alpha value is -2.10. The van der Waals surface area contributed by atoms with Crippen LogP contribution < -0.4 is 10.1 Å². The lowest BCUT2D eigenvalue weighted by molar-refractivity contribution is -0.124. The Morgan fingerprint density at radius 1 is 1.30 bits per heavy atom. The maximum absolute atomic E-state index is 12.4. The monoisotopic (exact) mass is 370 g/mol. The van der Waals surface area contributed by atoms with Crippen LogP contribution in [0.4, 0.5) is 0 Å². The van der Waals surface area contributed by atoms with Gasteiger partial charge < -0.3 is 10.1 Å². The lowest BCUT2D eigenvalue weighted by atomic mass is 9.98. The first-order chi connectivity index (χ1) is 12.9. The molecule has 6 nitrogen and oxygen atoms in total. The Morgan fingerprint density at radius 3 is 2.56 bits per heavy atom. The maximum Gasteiger partial charge on any atom is 0.235 e. The summed E-state index contributed by atoms with van der Waals surface area (Å²) in [7, 11) is 1.71. The van der Waals surface area contributed by atoms with Crippen molar-refractivity contribution in [3.05, 3.63) is 29.3 Å². The van der Waals surface area contributed by atoms with Gasteiger partial charge in [-0.15, -0.1) is 0 Å². The number of carbonyl (C=O) groups is 1. The average molecular weight is 370 g/mol. The molecule has 0 aromatic heterocycles. The van der Waals surface area contributed by atoms with Crippen molar-refractivity contribution in [1.82, 2.24) is 15.1 Å². The van der Waals surface area contributed by atoms with E-state index in [1.54, 1.807) is 7.11 Å². The minimum atomic E-state index is -0.708. The van der Waals surface area contributed by atoms with Crippen molar-refractivity contribution in [2.75, 3.05) is 39.8 Å². The number of nitrogens with one attached hydrogen (secondary N) is 1. The van der Waals surface area contributed by atoms with Gasteiger partial charge in [0.2, 0.25) is 5.91 Å². The second kappa shape index (κ2) is 8.28. The van der Waals surface area contributed by atoms with Crippen LogP contribution >= 0.6 is 0 Å². The number of benzene rings is 1. The van der Waals surface area contributed by atoms with E-state index in [0.29, 0.717) is 12.5 Å². The predicted octanol–water partition coefficient (Wildman–Crippen LogP) is 1.93. The predicted molar refractivity (Wildman–Crippen MR) is 104 cm³/mol. The smallest absolute Gasteiger partial charge is 0.235 e. The number of piperazine rings is 1. The molecule has 1 aliphatic heterocycles. The van der Waals surface area contributed by atoms with E-state index in [-0.39, 0.29) is 5.91 Å². The fourth-order valence-electron chi connectivity index (χ4n) is 3.79. The van der Waals surface area contributed by atoms with Gasteiger partial charge in [-0.25, -0.2) is 0 Å². The summed E-state index contributed by atoms with van der Waals surface area (Å²) in [6.45, 7) is 8.71. The molecule has 3 rings (SSSR count). The standard InChI is InChI=1S/C21H30N4O2/c1-16-4-7-19(27-3)17(12-16)13-24-8-10-25(11-9-24)14-20(26)23-21(2,15-22)18-5-6-18/h4,7,12,18H,5-6,8-11,13-14H2,1-3H3,(H,23,26)/t21-/m0/s1. The van der Waals surface area contributed by atoms with Crippen molar-refractivity contribution in [2.24, 2.45) is 5.92 Å². The van der Waals surface area contributed by atoms with Gasteiger partial charge in [0.15, 0.2) is 0 Å². The van der Waals surface area contributed by atoms with Crippen molar-refractivity contribution >= 4 is 5.91 Å². The van der Waals surface area contributed by atoms with Crippen LogP contribution in [-0.2, 0) is 11.3 Å². The number of aryl methyl sites for hydroxylation is 1. The highest BCUT2D eigenvalue weighted by atomic mass is 16.5. The summed E-state index contributed by atoms with van der Waals surface area (Å²) in [5.41, 5.74) is 1.73. The van der Waals surface area contributed by atoms with Gasteiger partial charge in [-0.2, -0.15) is 5.26 Å². The van der Waals surface area contributed by atoms with Gasteiger partial charge in [0.05, 0.1) is 19.7 Å². The van der Waals surface area contributed by atoms with Crippen LogP contribution in [0.15, 0.2) is 18.2 Å². The Morgan fingerprint density at radius 2 is 1.96 bits per heavy atom. The van der Waals surface area contributed by atoms with Gasteiger partial charge in [0, 0.05) is 38.3 Å². The number of nitriles is 1. The van der Waals surface area contributed by atoms with Crippen molar-refractivity contribution < 1.29 is 9.53 Å². The Labute approximate surface area is 162 Å². The molecule has 1 aliphatic carbocycles. The lowest BCUT2D eigenvalue weighted by Crippen LogP contribution is -2.53. The second-order valence-corrected chi connectivity index (χ2v) is 8.00. The van der Waals surface area contributed by atoms with Gasteiger partial charge in [0.1, 0.15) is 11.3 Å².